The first kappa shape index (κ1) is 11.7. The summed E-state index contributed by atoms with van der Waals surface area (Å²) in [4.78, 5) is 12.5. The maximum absolute atomic E-state index is 4.43. The van der Waals surface area contributed by atoms with Gasteiger partial charge in [0.2, 0.25) is 0 Å². The SMILES string of the molecule is Cc1cc2n[c-]nc(C)c2nc1C.[Y]. The van der Waals surface area contributed by atoms with Crippen LogP contribution in [0.2, 0.25) is 0 Å². The van der Waals surface area contributed by atoms with Crippen molar-refractivity contribution in [3.63, 3.8) is 0 Å². The Kier molecular flexibility index (Phi) is 3.67. The van der Waals surface area contributed by atoms with Gasteiger partial charge in [-0.2, -0.15) is 0 Å². The number of fused-ring (bicyclic) bond motifs is 1. The van der Waals surface area contributed by atoms with Crippen LogP contribution >= 0.6 is 0 Å². The van der Waals surface area contributed by atoms with Gasteiger partial charge in [-0.3, -0.25) is 4.98 Å². The van der Waals surface area contributed by atoms with E-state index >= 15 is 0 Å². The number of pyridine rings is 1. The first-order valence-electron chi connectivity index (χ1n) is 4.17. The third-order valence-electron chi connectivity index (χ3n) is 2.18. The smallest absolute Gasteiger partial charge is 0.0375 e. The molecule has 0 saturated heterocycles. The largest absolute Gasteiger partial charge is 0.369 e. The summed E-state index contributed by atoms with van der Waals surface area (Å²) in [5, 5.41) is 0. The Balaban J connectivity index is 0.000000980. The minimum Gasteiger partial charge on any atom is -0.369 e. The van der Waals surface area contributed by atoms with E-state index in [9.17, 15) is 0 Å². The molecule has 0 spiro atoms. The van der Waals surface area contributed by atoms with Crippen LogP contribution < -0.4 is 0 Å². The number of nitrogens with zero attached hydrogens (tertiary/aromatic N) is 3. The Labute approximate surface area is 108 Å². The van der Waals surface area contributed by atoms with E-state index in [4.69, 9.17) is 0 Å². The van der Waals surface area contributed by atoms with Crippen LogP contribution in [0.1, 0.15) is 17.0 Å². The van der Waals surface area contributed by atoms with E-state index < -0.39 is 0 Å². The summed E-state index contributed by atoms with van der Waals surface area (Å²) in [6, 6.07) is 2.02. The van der Waals surface area contributed by atoms with Crippen molar-refractivity contribution in [2.24, 2.45) is 0 Å². The van der Waals surface area contributed by atoms with Crippen molar-refractivity contribution in [1.29, 1.82) is 0 Å². The molecule has 0 saturated carbocycles. The van der Waals surface area contributed by atoms with Crippen molar-refractivity contribution in [1.82, 2.24) is 15.0 Å². The molecule has 2 rings (SSSR count). The van der Waals surface area contributed by atoms with Gasteiger partial charge in [-0.25, -0.2) is 0 Å². The summed E-state index contributed by atoms with van der Waals surface area (Å²) in [6.45, 7) is 5.94. The van der Waals surface area contributed by atoms with Gasteiger partial charge in [-0.15, -0.1) is 0 Å². The molecule has 0 aromatic carbocycles. The van der Waals surface area contributed by atoms with Crippen LogP contribution in [-0.2, 0) is 32.7 Å². The molecule has 0 fully saturated rings. The minimum atomic E-state index is 0. The normalized spacial score (nSPS) is 9.93. The molecule has 2 heterocycles. The van der Waals surface area contributed by atoms with Crippen LogP contribution in [0.3, 0.4) is 0 Å². The quantitative estimate of drug-likeness (QED) is 0.678. The molecule has 0 amide bonds. The second-order valence-corrected chi connectivity index (χ2v) is 3.17. The summed E-state index contributed by atoms with van der Waals surface area (Å²) in [5.74, 6) is 0. The molecule has 0 N–H and O–H groups in total. The fraction of sp³-hybridized carbons (Fsp3) is 0.300. The van der Waals surface area contributed by atoms with Crippen LogP contribution in [0.4, 0.5) is 0 Å². The Morgan fingerprint density at radius 3 is 2.50 bits per heavy atom. The van der Waals surface area contributed by atoms with Crippen molar-refractivity contribution in [2.75, 3.05) is 0 Å². The zero-order valence-electron chi connectivity index (χ0n) is 8.50. The Morgan fingerprint density at radius 1 is 1.07 bits per heavy atom. The molecular weight excluding hydrogens is 251 g/mol. The molecule has 4 heteroatoms. The topological polar surface area (TPSA) is 38.7 Å². The molecule has 14 heavy (non-hydrogen) atoms. The van der Waals surface area contributed by atoms with Gasteiger partial charge in [0.15, 0.2) is 0 Å². The average Bonchev–Trinajstić information content (AvgIpc) is 2.09. The van der Waals surface area contributed by atoms with Gasteiger partial charge < -0.3 is 9.97 Å². The summed E-state index contributed by atoms with van der Waals surface area (Å²) in [7, 11) is 0. The number of hydrogen-bond donors (Lipinski definition) is 0. The van der Waals surface area contributed by atoms with Crippen LogP contribution in [0.15, 0.2) is 6.07 Å². The van der Waals surface area contributed by atoms with Crippen molar-refractivity contribution in [3.8, 4) is 0 Å². The number of aromatic nitrogens is 3. The fourth-order valence-corrected chi connectivity index (χ4v) is 1.25. The Bertz CT molecular complexity index is 468. The van der Waals surface area contributed by atoms with E-state index in [2.05, 4.69) is 21.3 Å². The van der Waals surface area contributed by atoms with Gasteiger partial charge in [-0.05, 0) is 30.6 Å². The predicted molar refractivity (Wildman–Crippen MR) is 50.4 cm³/mol. The number of hydrogen-bond acceptors (Lipinski definition) is 3. The van der Waals surface area contributed by atoms with E-state index in [0.717, 1.165) is 28.0 Å². The molecular formula is C10H10N3Y-. The molecule has 3 nitrogen and oxygen atoms in total. The molecule has 0 atom stereocenters. The molecule has 2 aromatic rings. The van der Waals surface area contributed by atoms with Crippen LogP contribution in [0, 0.1) is 27.1 Å². The monoisotopic (exact) mass is 261 g/mol. The Hall–Kier alpha value is -0.406. The average molecular weight is 261 g/mol. The molecule has 0 aliphatic carbocycles. The second kappa shape index (κ2) is 4.41. The van der Waals surface area contributed by atoms with E-state index in [-0.39, 0.29) is 32.7 Å². The van der Waals surface area contributed by atoms with E-state index in [1.807, 2.05) is 26.8 Å². The van der Waals surface area contributed by atoms with Gasteiger partial charge in [-0.1, -0.05) is 13.0 Å². The summed E-state index contributed by atoms with van der Waals surface area (Å²) < 4.78 is 0. The van der Waals surface area contributed by atoms with E-state index in [1.54, 1.807) is 0 Å². The zero-order valence-corrected chi connectivity index (χ0v) is 11.3. The molecule has 1 radical (unpaired) electrons. The minimum absolute atomic E-state index is 0. The third kappa shape index (κ3) is 1.99. The standard InChI is InChI=1S/C10H10N3.Y/c1-6-4-9-10(13-7(6)2)8(3)11-5-12-9;/h4H,1-3H3;/q-1;. The molecule has 0 unspecified atom stereocenters. The fourth-order valence-electron chi connectivity index (χ4n) is 1.25. The third-order valence-corrected chi connectivity index (χ3v) is 2.18. The maximum Gasteiger partial charge on any atom is 0.0375 e. The maximum atomic E-state index is 4.43. The van der Waals surface area contributed by atoms with E-state index in [1.165, 1.54) is 0 Å². The van der Waals surface area contributed by atoms with Gasteiger partial charge in [0, 0.05) is 50.2 Å². The molecule has 0 bridgehead atoms. The van der Waals surface area contributed by atoms with Crippen LogP contribution in [0.25, 0.3) is 11.0 Å². The van der Waals surface area contributed by atoms with Crippen molar-refractivity contribution < 1.29 is 32.7 Å². The van der Waals surface area contributed by atoms with Gasteiger partial charge in [0.25, 0.3) is 0 Å². The van der Waals surface area contributed by atoms with E-state index in [0.29, 0.717) is 0 Å². The van der Waals surface area contributed by atoms with Crippen molar-refractivity contribution in [3.05, 3.63) is 29.3 Å². The number of rotatable bonds is 0. The van der Waals surface area contributed by atoms with Crippen LogP contribution in [0.5, 0.6) is 0 Å². The van der Waals surface area contributed by atoms with Crippen molar-refractivity contribution >= 4 is 11.0 Å². The number of aryl methyl sites for hydroxylation is 3. The van der Waals surface area contributed by atoms with Gasteiger partial charge in [0.1, 0.15) is 0 Å². The zero-order chi connectivity index (χ0) is 9.42. The molecule has 0 aliphatic rings. The Morgan fingerprint density at radius 2 is 1.79 bits per heavy atom. The predicted octanol–water partition coefficient (Wildman–Crippen LogP) is 1.75. The first-order chi connectivity index (χ1) is 6.18. The van der Waals surface area contributed by atoms with Gasteiger partial charge >= 0.3 is 0 Å². The summed E-state index contributed by atoms with van der Waals surface area (Å²) >= 11 is 0. The molecule has 0 aliphatic heterocycles. The van der Waals surface area contributed by atoms with Crippen LogP contribution in [-0.4, -0.2) is 15.0 Å². The second-order valence-electron chi connectivity index (χ2n) is 3.17. The molecule has 69 valence electrons. The van der Waals surface area contributed by atoms with Gasteiger partial charge in [0.05, 0.1) is 0 Å². The summed E-state index contributed by atoms with van der Waals surface area (Å²) in [6.07, 6.45) is 2.61. The first-order valence-corrected chi connectivity index (χ1v) is 4.17. The van der Waals surface area contributed by atoms with Crippen molar-refractivity contribution in [2.45, 2.75) is 20.8 Å². The summed E-state index contributed by atoms with van der Waals surface area (Å²) in [5.41, 5.74) is 4.81. The molecule has 2 aromatic heterocycles.